The Balaban J connectivity index is 2.30. The SMILES string of the molecule is CCc1ccc(C2(CC(=O)O)CC2)cc1CC. The van der Waals surface area contributed by atoms with E-state index >= 15 is 0 Å². The van der Waals surface area contributed by atoms with Gasteiger partial charge in [-0.1, -0.05) is 32.0 Å². The van der Waals surface area contributed by atoms with Gasteiger partial charge in [-0.05, 0) is 42.4 Å². The van der Waals surface area contributed by atoms with Crippen LogP contribution in [0.5, 0.6) is 0 Å². The molecule has 1 N–H and O–H groups in total. The Morgan fingerprint density at radius 1 is 1.24 bits per heavy atom. The molecule has 1 aromatic carbocycles. The molecule has 0 atom stereocenters. The summed E-state index contributed by atoms with van der Waals surface area (Å²) >= 11 is 0. The quantitative estimate of drug-likeness (QED) is 0.845. The molecule has 0 aliphatic heterocycles. The van der Waals surface area contributed by atoms with Crippen LogP contribution < -0.4 is 0 Å². The molecule has 0 radical (unpaired) electrons. The molecule has 0 spiro atoms. The van der Waals surface area contributed by atoms with Crippen molar-refractivity contribution in [3.63, 3.8) is 0 Å². The van der Waals surface area contributed by atoms with Gasteiger partial charge in [0.1, 0.15) is 0 Å². The van der Waals surface area contributed by atoms with E-state index in [0.717, 1.165) is 25.7 Å². The monoisotopic (exact) mass is 232 g/mol. The van der Waals surface area contributed by atoms with Gasteiger partial charge in [-0.15, -0.1) is 0 Å². The molecule has 0 bridgehead atoms. The Morgan fingerprint density at radius 3 is 2.35 bits per heavy atom. The van der Waals surface area contributed by atoms with Crippen LogP contribution in [0.15, 0.2) is 18.2 Å². The van der Waals surface area contributed by atoms with Crippen molar-refractivity contribution < 1.29 is 9.90 Å². The Morgan fingerprint density at radius 2 is 1.88 bits per heavy atom. The third-order valence-electron chi connectivity index (χ3n) is 3.92. The fourth-order valence-corrected chi connectivity index (χ4v) is 2.64. The minimum Gasteiger partial charge on any atom is -0.481 e. The van der Waals surface area contributed by atoms with Crippen LogP contribution in [0.3, 0.4) is 0 Å². The lowest BCUT2D eigenvalue weighted by Crippen LogP contribution is -2.13. The van der Waals surface area contributed by atoms with Crippen LogP contribution in [0.4, 0.5) is 0 Å². The molecule has 0 unspecified atom stereocenters. The molecule has 17 heavy (non-hydrogen) atoms. The summed E-state index contributed by atoms with van der Waals surface area (Å²) < 4.78 is 0. The Hall–Kier alpha value is -1.31. The summed E-state index contributed by atoms with van der Waals surface area (Å²) in [6.45, 7) is 4.33. The molecular weight excluding hydrogens is 212 g/mol. The number of hydrogen-bond acceptors (Lipinski definition) is 1. The van der Waals surface area contributed by atoms with Crippen molar-refractivity contribution in [1.82, 2.24) is 0 Å². The number of hydrogen-bond donors (Lipinski definition) is 1. The Kier molecular flexibility index (Phi) is 3.23. The lowest BCUT2D eigenvalue weighted by Gasteiger charge is -2.16. The smallest absolute Gasteiger partial charge is 0.304 e. The van der Waals surface area contributed by atoms with Crippen LogP contribution in [-0.2, 0) is 23.1 Å². The summed E-state index contributed by atoms with van der Waals surface area (Å²) in [6, 6.07) is 6.54. The molecule has 0 aromatic heterocycles. The molecule has 92 valence electrons. The van der Waals surface area contributed by atoms with Crippen LogP contribution >= 0.6 is 0 Å². The van der Waals surface area contributed by atoms with E-state index in [2.05, 4.69) is 32.0 Å². The topological polar surface area (TPSA) is 37.3 Å². The van der Waals surface area contributed by atoms with E-state index in [4.69, 9.17) is 5.11 Å². The zero-order chi connectivity index (χ0) is 12.5. The van der Waals surface area contributed by atoms with E-state index in [0.29, 0.717) is 0 Å². The van der Waals surface area contributed by atoms with Gasteiger partial charge < -0.3 is 5.11 Å². The molecular formula is C15H20O2. The summed E-state index contributed by atoms with van der Waals surface area (Å²) in [5.74, 6) is -0.680. The molecule has 1 aliphatic rings. The predicted molar refractivity (Wildman–Crippen MR) is 68.4 cm³/mol. The fourth-order valence-electron chi connectivity index (χ4n) is 2.64. The van der Waals surface area contributed by atoms with Crippen molar-refractivity contribution in [3.8, 4) is 0 Å². The molecule has 0 heterocycles. The molecule has 0 saturated heterocycles. The van der Waals surface area contributed by atoms with E-state index in [9.17, 15) is 4.79 Å². The number of aryl methyl sites for hydroxylation is 2. The van der Waals surface area contributed by atoms with Crippen LogP contribution in [0, 0.1) is 0 Å². The first-order valence-electron chi connectivity index (χ1n) is 6.45. The first-order chi connectivity index (χ1) is 8.11. The second-order valence-electron chi connectivity index (χ2n) is 5.04. The second kappa shape index (κ2) is 4.52. The van der Waals surface area contributed by atoms with E-state index in [-0.39, 0.29) is 11.8 Å². The number of benzene rings is 1. The summed E-state index contributed by atoms with van der Waals surface area (Å²) in [7, 11) is 0. The molecule has 2 heteroatoms. The standard InChI is InChI=1S/C15H20O2/c1-3-11-5-6-13(9-12(11)4-2)15(7-8-15)10-14(16)17/h5-6,9H,3-4,7-8,10H2,1-2H3,(H,16,17). The van der Waals surface area contributed by atoms with Crippen LogP contribution in [0.25, 0.3) is 0 Å². The van der Waals surface area contributed by atoms with E-state index in [1.165, 1.54) is 16.7 Å². The van der Waals surface area contributed by atoms with Gasteiger partial charge in [0.15, 0.2) is 0 Å². The number of carboxylic acids is 1. The van der Waals surface area contributed by atoms with Gasteiger partial charge in [-0.25, -0.2) is 0 Å². The van der Waals surface area contributed by atoms with Gasteiger partial charge in [-0.2, -0.15) is 0 Å². The normalized spacial score (nSPS) is 16.8. The molecule has 1 saturated carbocycles. The van der Waals surface area contributed by atoms with E-state index in [1.807, 2.05) is 0 Å². The lowest BCUT2D eigenvalue weighted by atomic mass is 9.88. The first-order valence-corrected chi connectivity index (χ1v) is 6.45. The van der Waals surface area contributed by atoms with Gasteiger partial charge >= 0.3 is 5.97 Å². The average molecular weight is 232 g/mol. The summed E-state index contributed by atoms with van der Waals surface area (Å²) in [4.78, 5) is 10.9. The highest BCUT2D eigenvalue weighted by Gasteiger charge is 2.45. The molecule has 1 aromatic rings. The summed E-state index contributed by atoms with van der Waals surface area (Å²) in [6.07, 6.45) is 4.40. The van der Waals surface area contributed by atoms with E-state index in [1.54, 1.807) is 0 Å². The lowest BCUT2D eigenvalue weighted by molar-refractivity contribution is -0.137. The number of carbonyl (C=O) groups is 1. The van der Waals surface area contributed by atoms with Gasteiger partial charge in [0.2, 0.25) is 0 Å². The largest absolute Gasteiger partial charge is 0.481 e. The predicted octanol–water partition coefficient (Wildman–Crippen LogP) is 3.32. The molecule has 2 nitrogen and oxygen atoms in total. The van der Waals surface area contributed by atoms with Crippen molar-refractivity contribution in [1.29, 1.82) is 0 Å². The third kappa shape index (κ3) is 2.36. The highest BCUT2D eigenvalue weighted by molar-refractivity contribution is 5.70. The van der Waals surface area contributed by atoms with Crippen molar-refractivity contribution in [2.45, 2.75) is 51.4 Å². The van der Waals surface area contributed by atoms with Gasteiger partial charge in [0.05, 0.1) is 6.42 Å². The zero-order valence-corrected chi connectivity index (χ0v) is 10.6. The first kappa shape index (κ1) is 12.2. The van der Waals surface area contributed by atoms with E-state index < -0.39 is 5.97 Å². The maximum Gasteiger partial charge on any atom is 0.304 e. The highest BCUT2D eigenvalue weighted by Crippen LogP contribution is 2.51. The summed E-state index contributed by atoms with van der Waals surface area (Å²) in [5, 5.41) is 8.98. The van der Waals surface area contributed by atoms with Crippen molar-refractivity contribution >= 4 is 5.97 Å². The van der Waals surface area contributed by atoms with Crippen molar-refractivity contribution in [2.24, 2.45) is 0 Å². The van der Waals surface area contributed by atoms with Crippen LogP contribution in [0.2, 0.25) is 0 Å². The number of rotatable bonds is 5. The van der Waals surface area contributed by atoms with Crippen molar-refractivity contribution in [2.75, 3.05) is 0 Å². The average Bonchev–Trinajstić information content (AvgIpc) is 3.08. The number of carboxylic acid groups (broad SMARTS) is 1. The second-order valence-corrected chi connectivity index (χ2v) is 5.04. The summed E-state index contributed by atoms with van der Waals surface area (Å²) in [5.41, 5.74) is 3.94. The van der Waals surface area contributed by atoms with Gasteiger partial charge in [0.25, 0.3) is 0 Å². The van der Waals surface area contributed by atoms with Gasteiger partial charge in [-0.3, -0.25) is 4.79 Å². The Bertz CT molecular complexity index is 431. The number of aliphatic carboxylic acids is 1. The minimum atomic E-state index is -0.680. The van der Waals surface area contributed by atoms with Crippen molar-refractivity contribution in [3.05, 3.63) is 34.9 Å². The van der Waals surface area contributed by atoms with Gasteiger partial charge in [0, 0.05) is 5.41 Å². The zero-order valence-electron chi connectivity index (χ0n) is 10.6. The fraction of sp³-hybridized carbons (Fsp3) is 0.533. The Labute approximate surface area is 103 Å². The molecule has 1 fully saturated rings. The highest BCUT2D eigenvalue weighted by atomic mass is 16.4. The van der Waals surface area contributed by atoms with Crippen LogP contribution in [0.1, 0.15) is 49.8 Å². The maximum absolute atomic E-state index is 10.9. The molecule has 2 rings (SSSR count). The molecule has 1 aliphatic carbocycles. The minimum absolute atomic E-state index is 0.0535. The molecule has 0 amide bonds. The van der Waals surface area contributed by atoms with Crippen LogP contribution in [-0.4, -0.2) is 11.1 Å². The third-order valence-corrected chi connectivity index (χ3v) is 3.92. The maximum atomic E-state index is 10.9.